The predicted molar refractivity (Wildman–Crippen MR) is 161 cm³/mol. The number of ether oxygens (including phenoxy) is 1. The molecule has 40 heavy (non-hydrogen) atoms. The number of hydrogen-bond donors (Lipinski definition) is 1. The summed E-state index contributed by atoms with van der Waals surface area (Å²) in [6, 6.07) is 0. The van der Waals surface area contributed by atoms with E-state index in [0.717, 1.165) is 30.9 Å². The molecule has 0 aliphatic heterocycles. The molecule has 1 N–H and O–H groups in total. The summed E-state index contributed by atoms with van der Waals surface area (Å²) in [6.45, 7) is 26.4. The third kappa shape index (κ3) is 13.6. The minimum absolute atomic E-state index is 0.00359. The standard InChI is InChI=1S/C34H45F3O3/c1-10-11-23(2)12-13-24(3)25(4)16-17-31(19-35)28(7)18-33(37)32(20-36)27(6)15-14-26(5)30(9)22-40-34(39)29(8)21-38/h14-20,23-24,30,38H,4-8,10-13,21-22H2,1-3,9H3/b15-14-,17-16-,31-19-,32-20+,33-18+. The van der Waals surface area contributed by atoms with Crippen LogP contribution in [0.2, 0.25) is 0 Å². The number of rotatable bonds is 19. The van der Waals surface area contributed by atoms with E-state index < -0.39 is 24.0 Å². The number of halogens is 3. The molecule has 0 rings (SSSR count). The van der Waals surface area contributed by atoms with Crippen LogP contribution >= 0.6 is 0 Å². The molecule has 0 heterocycles. The van der Waals surface area contributed by atoms with E-state index in [9.17, 15) is 18.0 Å². The molecule has 0 bridgehead atoms. The largest absolute Gasteiger partial charge is 0.462 e. The molecular formula is C34H45F3O3. The third-order valence-electron chi connectivity index (χ3n) is 6.56. The Labute approximate surface area is 238 Å². The molecular weight excluding hydrogens is 513 g/mol. The van der Waals surface area contributed by atoms with Gasteiger partial charge in [0.15, 0.2) is 0 Å². The quantitative estimate of drug-likeness (QED) is 0.0976. The van der Waals surface area contributed by atoms with E-state index in [1.165, 1.54) is 24.6 Å². The number of allylic oxidation sites excluding steroid dienone is 11. The highest BCUT2D eigenvalue weighted by molar-refractivity contribution is 5.87. The second-order valence-corrected chi connectivity index (χ2v) is 10.1. The van der Waals surface area contributed by atoms with Gasteiger partial charge in [0.2, 0.25) is 0 Å². The Balaban J connectivity index is 5.26. The molecule has 0 aliphatic rings. The number of carbonyl (C=O) groups is 1. The Morgan fingerprint density at radius 1 is 0.850 bits per heavy atom. The molecule has 3 nitrogen and oxygen atoms in total. The highest BCUT2D eigenvalue weighted by Crippen LogP contribution is 2.26. The first kappa shape index (κ1) is 36.6. The van der Waals surface area contributed by atoms with Gasteiger partial charge in [-0.2, -0.15) is 0 Å². The Morgan fingerprint density at radius 3 is 2.00 bits per heavy atom. The fraction of sp³-hybridized carbons (Fsp3) is 0.382. The van der Waals surface area contributed by atoms with Gasteiger partial charge in [-0.05, 0) is 41.1 Å². The molecule has 3 atom stereocenters. The monoisotopic (exact) mass is 558 g/mol. The van der Waals surface area contributed by atoms with Gasteiger partial charge in [0, 0.05) is 17.1 Å². The van der Waals surface area contributed by atoms with Crippen LogP contribution in [0, 0.1) is 17.8 Å². The molecule has 0 amide bonds. The van der Waals surface area contributed by atoms with Crippen LogP contribution in [0.3, 0.4) is 0 Å². The van der Waals surface area contributed by atoms with Crippen LogP contribution in [0.15, 0.2) is 121 Å². The number of aliphatic hydroxyl groups is 1. The van der Waals surface area contributed by atoms with Crippen molar-refractivity contribution in [2.45, 2.75) is 53.4 Å². The van der Waals surface area contributed by atoms with Crippen molar-refractivity contribution in [3.8, 4) is 0 Å². The van der Waals surface area contributed by atoms with Crippen molar-refractivity contribution in [1.29, 1.82) is 0 Å². The third-order valence-corrected chi connectivity index (χ3v) is 6.56. The lowest BCUT2D eigenvalue weighted by Crippen LogP contribution is -2.15. The molecule has 0 radical (unpaired) electrons. The lowest BCUT2D eigenvalue weighted by atomic mass is 9.90. The van der Waals surface area contributed by atoms with Gasteiger partial charge >= 0.3 is 5.97 Å². The molecule has 0 fully saturated rings. The van der Waals surface area contributed by atoms with Crippen LogP contribution in [0.1, 0.15) is 53.4 Å². The van der Waals surface area contributed by atoms with Gasteiger partial charge in [0.25, 0.3) is 0 Å². The Morgan fingerprint density at radius 2 is 1.45 bits per heavy atom. The van der Waals surface area contributed by atoms with Crippen molar-refractivity contribution in [2.75, 3.05) is 13.2 Å². The van der Waals surface area contributed by atoms with Crippen molar-refractivity contribution in [3.05, 3.63) is 121 Å². The smallest absolute Gasteiger partial charge is 0.335 e. The SMILES string of the molecule is C=C(CO)C(=O)OCC(C)C(=C)/C=C\C(=C)C(=C\F)/C(F)=C\C(=C)C(/C=C\C(=C)C(C)CCC(C)CCC)=C\F. The second kappa shape index (κ2) is 19.6. The maximum Gasteiger partial charge on any atom is 0.335 e. The van der Waals surface area contributed by atoms with Crippen LogP contribution in [0.4, 0.5) is 13.2 Å². The summed E-state index contributed by atoms with van der Waals surface area (Å²) in [7, 11) is 0. The number of esters is 1. The van der Waals surface area contributed by atoms with Crippen molar-refractivity contribution in [1.82, 2.24) is 0 Å². The molecule has 0 spiro atoms. The number of aliphatic hydroxyl groups excluding tert-OH is 1. The highest BCUT2D eigenvalue weighted by atomic mass is 19.1. The van der Waals surface area contributed by atoms with E-state index in [0.29, 0.717) is 17.8 Å². The summed E-state index contributed by atoms with van der Waals surface area (Å²) in [4.78, 5) is 11.6. The lowest BCUT2D eigenvalue weighted by molar-refractivity contribution is -0.140. The minimum atomic E-state index is -0.984. The Kier molecular flexibility index (Phi) is 18.0. The summed E-state index contributed by atoms with van der Waals surface area (Å²) in [5.41, 5.74) is 0.866. The predicted octanol–water partition coefficient (Wildman–Crippen LogP) is 9.46. The highest BCUT2D eigenvalue weighted by Gasteiger charge is 2.13. The molecule has 0 aromatic rings. The lowest BCUT2D eigenvalue weighted by Gasteiger charge is -2.15. The average Bonchev–Trinajstić information content (AvgIpc) is 2.93. The molecule has 0 aromatic carbocycles. The second-order valence-electron chi connectivity index (χ2n) is 10.1. The van der Waals surface area contributed by atoms with Crippen LogP contribution in [0.25, 0.3) is 0 Å². The summed E-state index contributed by atoms with van der Waals surface area (Å²) in [5, 5.41) is 8.92. The van der Waals surface area contributed by atoms with E-state index in [1.807, 2.05) is 0 Å². The van der Waals surface area contributed by atoms with Gasteiger partial charge in [-0.15, -0.1) is 0 Å². The van der Waals surface area contributed by atoms with Gasteiger partial charge in [-0.1, -0.05) is 110 Å². The summed E-state index contributed by atoms with van der Waals surface area (Å²) in [5.74, 6) is -1.19. The zero-order valence-corrected chi connectivity index (χ0v) is 24.4. The van der Waals surface area contributed by atoms with Gasteiger partial charge in [0.1, 0.15) is 5.83 Å². The van der Waals surface area contributed by atoms with E-state index in [-0.39, 0.29) is 47.1 Å². The molecule has 6 heteroatoms. The summed E-state index contributed by atoms with van der Waals surface area (Å²) >= 11 is 0. The van der Waals surface area contributed by atoms with E-state index >= 15 is 0 Å². The zero-order chi connectivity index (χ0) is 30.8. The number of carbonyl (C=O) groups excluding carboxylic acids is 1. The van der Waals surface area contributed by atoms with Gasteiger partial charge in [-0.3, -0.25) is 0 Å². The van der Waals surface area contributed by atoms with Crippen LogP contribution in [-0.2, 0) is 9.53 Å². The van der Waals surface area contributed by atoms with Crippen molar-refractivity contribution < 1.29 is 27.8 Å². The molecule has 220 valence electrons. The average molecular weight is 559 g/mol. The van der Waals surface area contributed by atoms with Gasteiger partial charge < -0.3 is 9.84 Å². The number of hydrogen-bond acceptors (Lipinski definition) is 3. The van der Waals surface area contributed by atoms with Crippen molar-refractivity contribution in [2.24, 2.45) is 17.8 Å². The van der Waals surface area contributed by atoms with Crippen LogP contribution < -0.4 is 0 Å². The van der Waals surface area contributed by atoms with Gasteiger partial charge in [-0.25, -0.2) is 18.0 Å². The maximum absolute atomic E-state index is 14.9. The first-order valence-electron chi connectivity index (χ1n) is 13.4. The molecule has 0 aromatic heterocycles. The normalized spacial score (nSPS) is 15.2. The Bertz CT molecular complexity index is 1090. The van der Waals surface area contributed by atoms with Crippen LogP contribution in [0.5, 0.6) is 0 Å². The topological polar surface area (TPSA) is 46.5 Å². The van der Waals surface area contributed by atoms with Crippen LogP contribution in [-0.4, -0.2) is 24.3 Å². The zero-order valence-electron chi connectivity index (χ0n) is 24.4. The first-order valence-corrected chi connectivity index (χ1v) is 13.4. The fourth-order valence-electron chi connectivity index (χ4n) is 3.46. The summed E-state index contributed by atoms with van der Waals surface area (Å²) in [6.07, 6.45) is 11.7. The molecule has 3 unspecified atom stereocenters. The first-order chi connectivity index (χ1) is 18.8. The Hall–Kier alpha value is -3.38. The molecule has 0 aliphatic carbocycles. The summed E-state index contributed by atoms with van der Waals surface area (Å²) < 4.78 is 47.2. The van der Waals surface area contributed by atoms with E-state index in [4.69, 9.17) is 9.84 Å². The van der Waals surface area contributed by atoms with E-state index in [1.54, 1.807) is 13.0 Å². The van der Waals surface area contributed by atoms with Crippen molar-refractivity contribution in [3.63, 3.8) is 0 Å². The molecule has 0 saturated carbocycles. The van der Waals surface area contributed by atoms with E-state index in [2.05, 4.69) is 53.7 Å². The minimum Gasteiger partial charge on any atom is -0.462 e. The maximum atomic E-state index is 14.9. The molecule has 0 saturated heterocycles. The van der Waals surface area contributed by atoms with Crippen molar-refractivity contribution >= 4 is 5.97 Å². The van der Waals surface area contributed by atoms with Gasteiger partial charge in [0.05, 0.1) is 31.4 Å². The fourth-order valence-corrected chi connectivity index (χ4v) is 3.46.